The third-order valence-corrected chi connectivity index (χ3v) is 5.37. The predicted molar refractivity (Wildman–Crippen MR) is 95.4 cm³/mol. The summed E-state index contributed by atoms with van der Waals surface area (Å²) in [4.78, 5) is 27.5. The first-order valence-electron chi connectivity index (χ1n) is 9.43. The van der Waals surface area contributed by atoms with Crippen LogP contribution in [0.15, 0.2) is 24.3 Å². The molecule has 0 saturated carbocycles. The maximum absolute atomic E-state index is 12.9. The summed E-state index contributed by atoms with van der Waals surface area (Å²) in [5.74, 6) is -2.68. The van der Waals surface area contributed by atoms with Crippen molar-refractivity contribution in [3.05, 3.63) is 29.8 Å². The van der Waals surface area contributed by atoms with E-state index in [0.717, 1.165) is 0 Å². The first kappa shape index (κ1) is 21.2. The Balaban J connectivity index is 1.77. The van der Waals surface area contributed by atoms with Crippen molar-refractivity contribution in [2.24, 2.45) is 5.92 Å². The van der Waals surface area contributed by atoms with E-state index in [1.165, 1.54) is 23.1 Å². The van der Waals surface area contributed by atoms with Crippen LogP contribution in [0.3, 0.4) is 0 Å². The number of halogens is 3. The normalized spacial score (nSPS) is 23.7. The van der Waals surface area contributed by atoms with Crippen LogP contribution in [0.25, 0.3) is 0 Å². The van der Waals surface area contributed by atoms with Crippen LogP contribution in [0.2, 0.25) is 0 Å². The van der Waals surface area contributed by atoms with E-state index in [2.05, 4.69) is 4.74 Å². The summed E-state index contributed by atoms with van der Waals surface area (Å²) in [6.45, 7) is 1.02. The number of carbonyl (C=O) groups is 2. The quantitative estimate of drug-likeness (QED) is 0.791. The van der Waals surface area contributed by atoms with Crippen molar-refractivity contribution in [2.75, 3.05) is 26.2 Å². The summed E-state index contributed by atoms with van der Waals surface area (Å²) in [5, 5.41) is 19.1. The van der Waals surface area contributed by atoms with Crippen LogP contribution in [0.4, 0.5) is 18.0 Å². The lowest BCUT2D eigenvalue weighted by Gasteiger charge is -2.40. The fraction of sp³-hybridized carbons (Fsp3) is 0.579. The molecule has 2 N–H and O–H groups in total. The topological polar surface area (TPSA) is 90.3 Å². The lowest BCUT2D eigenvalue weighted by molar-refractivity contribution is -0.274. The van der Waals surface area contributed by atoms with Crippen LogP contribution in [-0.2, 0) is 4.79 Å². The standard InChI is InChI=1S/C19H23F3N2O5/c20-19(21,22)29-16-3-1-2-12(9-16)13-8-14(17(26)27)11-24(10-13)18(28)23-6-4-15(25)5-7-23/h1-3,9,13-15,25H,4-8,10-11H2,(H,26,27). The number of carbonyl (C=O) groups excluding carboxylic acids is 1. The van der Waals surface area contributed by atoms with Crippen LogP contribution in [0.1, 0.15) is 30.7 Å². The number of rotatable bonds is 3. The highest BCUT2D eigenvalue weighted by molar-refractivity contribution is 5.77. The van der Waals surface area contributed by atoms with Gasteiger partial charge >= 0.3 is 18.4 Å². The van der Waals surface area contributed by atoms with Gasteiger partial charge in [-0.2, -0.15) is 0 Å². The van der Waals surface area contributed by atoms with Crippen LogP contribution < -0.4 is 4.74 Å². The fourth-order valence-corrected chi connectivity index (χ4v) is 3.90. The van der Waals surface area contributed by atoms with Crippen LogP contribution in [-0.4, -0.2) is 70.7 Å². The fourth-order valence-electron chi connectivity index (χ4n) is 3.90. The van der Waals surface area contributed by atoms with Gasteiger partial charge in [0.25, 0.3) is 0 Å². The van der Waals surface area contributed by atoms with E-state index in [1.807, 2.05) is 0 Å². The predicted octanol–water partition coefficient (Wildman–Crippen LogP) is 2.65. The van der Waals surface area contributed by atoms with Gasteiger partial charge in [0.2, 0.25) is 0 Å². The highest BCUT2D eigenvalue weighted by Crippen LogP contribution is 2.34. The molecule has 2 atom stereocenters. The second-order valence-electron chi connectivity index (χ2n) is 7.49. The Labute approximate surface area is 165 Å². The number of hydrogen-bond acceptors (Lipinski definition) is 4. The number of piperidine rings is 2. The third kappa shape index (κ3) is 5.53. The van der Waals surface area contributed by atoms with Crippen molar-refractivity contribution in [1.82, 2.24) is 9.80 Å². The van der Waals surface area contributed by atoms with Gasteiger partial charge in [0, 0.05) is 32.1 Å². The molecular formula is C19H23F3N2O5. The van der Waals surface area contributed by atoms with Gasteiger partial charge in [-0.3, -0.25) is 4.79 Å². The highest BCUT2D eigenvalue weighted by atomic mass is 19.4. The molecule has 0 aromatic heterocycles. The molecule has 29 heavy (non-hydrogen) atoms. The summed E-state index contributed by atoms with van der Waals surface area (Å²) >= 11 is 0. The SMILES string of the molecule is O=C(O)C1CC(c2cccc(OC(F)(F)F)c2)CN(C(=O)N2CCC(O)CC2)C1. The minimum absolute atomic E-state index is 0.0441. The number of aliphatic hydroxyl groups excluding tert-OH is 1. The zero-order valence-corrected chi connectivity index (χ0v) is 15.6. The zero-order chi connectivity index (χ0) is 21.2. The smallest absolute Gasteiger partial charge is 0.481 e. The molecule has 2 heterocycles. The zero-order valence-electron chi connectivity index (χ0n) is 15.6. The molecule has 2 fully saturated rings. The Hall–Kier alpha value is -2.49. The van der Waals surface area contributed by atoms with Gasteiger partial charge in [-0.1, -0.05) is 12.1 Å². The molecule has 2 unspecified atom stereocenters. The number of carboxylic acid groups (broad SMARTS) is 1. The number of aliphatic carboxylic acids is 1. The van der Waals surface area contributed by atoms with E-state index < -0.39 is 30.3 Å². The molecule has 160 valence electrons. The molecule has 1 aromatic carbocycles. The number of urea groups is 1. The summed E-state index contributed by atoms with van der Waals surface area (Å²) in [5.41, 5.74) is 0.490. The van der Waals surface area contributed by atoms with Gasteiger partial charge < -0.3 is 24.7 Å². The van der Waals surface area contributed by atoms with E-state index in [0.29, 0.717) is 31.5 Å². The molecular weight excluding hydrogens is 393 g/mol. The van der Waals surface area contributed by atoms with Gasteiger partial charge in [0.1, 0.15) is 5.75 Å². The molecule has 2 aliphatic rings. The minimum atomic E-state index is -4.82. The maximum Gasteiger partial charge on any atom is 0.573 e. The Morgan fingerprint density at radius 2 is 1.79 bits per heavy atom. The number of benzene rings is 1. The van der Waals surface area contributed by atoms with Crippen LogP contribution in [0, 0.1) is 5.92 Å². The second kappa shape index (κ2) is 8.48. The number of alkyl halides is 3. The van der Waals surface area contributed by atoms with E-state index in [-0.39, 0.29) is 31.3 Å². The first-order chi connectivity index (χ1) is 13.6. The van der Waals surface area contributed by atoms with Crippen molar-refractivity contribution in [2.45, 2.75) is 37.6 Å². The molecule has 7 nitrogen and oxygen atoms in total. The molecule has 0 bridgehead atoms. The molecule has 10 heteroatoms. The average Bonchev–Trinajstić information content (AvgIpc) is 2.66. The Bertz CT molecular complexity index is 750. The number of carboxylic acids is 1. The van der Waals surface area contributed by atoms with Crippen molar-refractivity contribution in [1.29, 1.82) is 0 Å². The Kier molecular flexibility index (Phi) is 6.21. The van der Waals surface area contributed by atoms with E-state index >= 15 is 0 Å². The summed E-state index contributed by atoms with van der Waals surface area (Å²) in [7, 11) is 0. The van der Waals surface area contributed by atoms with Crippen molar-refractivity contribution in [3.63, 3.8) is 0 Å². The van der Waals surface area contributed by atoms with Gasteiger partial charge in [-0.25, -0.2) is 4.79 Å². The summed E-state index contributed by atoms with van der Waals surface area (Å²) < 4.78 is 41.5. The van der Waals surface area contributed by atoms with E-state index in [9.17, 15) is 33.0 Å². The molecule has 1 aromatic rings. The monoisotopic (exact) mass is 416 g/mol. The largest absolute Gasteiger partial charge is 0.573 e. The molecule has 2 saturated heterocycles. The van der Waals surface area contributed by atoms with Crippen molar-refractivity contribution >= 4 is 12.0 Å². The highest BCUT2D eigenvalue weighted by Gasteiger charge is 2.37. The summed E-state index contributed by atoms with van der Waals surface area (Å²) in [6, 6.07) is 5.13. The van der Waals surface area contributed by atoms with Gasteiger partial charge in [-0.15, -0.1) is 13.2 Å². The summed E-state index contributed by atoms with van der Waals surface area (Å²) in [6.07, 6.45) is -4.14. The first-order valence-corrected chi connectivity index (χ1v) is 9.43. The third-order valence-electron chi connectivity index (χ3n) is 5.37. The van der Waals surface area contributed by atoms with Crippen LogP contribution >= 0.6 is 0 Å². The molecule has 3 rings (SSSR count). The van der Waals surface area contributed by atoms with Gasteiger partial charge in [-0.05, 0) is 37.0 Å². The second-order valence-corrected chi connectivity index (χ2v) is 7.49. The molecule has 2 amide bonds. The van der Waals surface area contributed by atoms with E-state index in [4.69, 9.17) is 0 Å². The number of hydrogen-bond donors (Lipinski definition) is 2. The minimum Gasteiger partial charge on any atom is -0.481 e. The average molecular weight is 416 g/mol. The number of likely N-dealkylation sites (tertiary alicyclic amines) is 2. The van der Waals surface area contributed by atoms with Crippen LogP contribution in [0.5, 0.6) is 5.75 Å². The van der Waals surface area contributed by atoms with E-state index in [1.54, 1.807) is 11.0 Å². The number of nitrogens with zero attached hydrogens (tertiary/aromatic N) is 2. The number of amides is 2. The lowest BCUT2D eigenvalue weighted by Crippen LogP contribution is -2.52. The molecule has 0 aliphatic carbocycles. The lowest BCUT2D eigenvalue weighted by atomic mass is 9.84. The van der Waals surface area contributed by atoms with Gasteiger partial charge in [0.15, 0.2) is 0 Å². The van der Waals surface area contributed by atoms with Gasteiger partial charge in [0.05, 0.1) is 12.0 Å². The maximum atomic E-state index is 12.9. The number of ether oxygens (including phenoxy) is 1. The Morgan fingerprint density at radius 3 is 2.41 bits per heavy atom. The molecule has 2 aliphatic heterocycles. The van der Waals surface area contributed by atoms with Crippen molar-refractivity contribution in [3.8, 4) is 5.75 Å². The van der Waals surface area contributed by atoms with Crippen molar-refractivity contribution < 1.29 is 37.7 Å². The molecule has 0 radical (unpaired) electrons. The Morgan fingerprint density at radius 1 is 1.10 bits per heavy atom. The number of aliphatic hydroxyl groups is 1. The molecule has 0 spiro atoms.